The van der Waals surface area contributed by atoms with Crippen molar-refractivity contribution >= 4 is 5.91 Å². The van der Waals surface area contributed by atoms with Crippen molar-refractivity contribution in [2.45, 2.75) is 31.8 Å². The Hall–Kier alpha value is -2.13. The van der Waals surface area contributed by atoms with E-state index in [1.807, 2.05) is 67.6 Å². The van der Waals surface area contributed by atoms with E-state index in [0.29, 0.717) is 13.0 Å². The monoisotopic (exact) mass is 297 g/mol. The number of hydrogen-bond acceptors (Lipinski definition) is 2. The van der Waals surface area contributed by atoms with Gasteiger partial charge in [-0.2, -0.15) is 0 Å². The third-order valence-corrected chi connectivity index (χ3v) is 4.00. The Balaban J connectivity index is 2.32. The minimum atomic E-state index is -0.749. The molecular formula is C19H23NO2. The van der Waals surface area contributed by atoms with Crippen LogP contribution in [0.2, 0.25) is 0 Å². The summed E-state index contributed by atoms with van der Waals surface area (Å²) in [4.78, 5) is 12.9. The second-order valence-electron chi connectivity index (χ2n) is 5.75. The number of amides is 1. The van der Waals surface area contributed by atoms with Crippen molar-refractivity contribution in [2.75, 3.05) is 6.54 Å². The topological polar surface area (TPSA) is 49.3 Å². The molecule has 1 atom stereocenters. The van der Waals surface area contributed by atoms with Gasteiger partial charge in [0, 0.05) is 6.54 Å². The molecule has 3 nitrogen and oxygen atoms in total. The van der Waals surface area contributed by atoms with Crippen molar-refractivity contribution in [3.8, 4) is 0 Å². The van der Waals surface area contributed by atoms with E-state index in [1.165, 1.54) is 0 Å². The molecule has 116 valence electrons. The van der Waals surface area contributed by atoms with Crippen molar-refractivity contribution in [2.24, 2.45) is 0 Å². The Labute approximate surface area is 132 Å². The van der Waals surface area contributed by atoms with E-state index < -0.39 is 11.5 Å². The zero-order valence-electron chi connectivity index (χ0n) is 13.1. The number of aliphatic hydroxyl groups excluding tert-OH is 1. The summed E-state index contributed by atoms with van der Waals surface area (Å²) in [6, 6.07) is 19.6. The lowest BCUT2D eigenvalue weighted by Gasteiger charge is -2.29. The Morgan fingerprint density at radius 1 is 1.05 bits per heavy atom. The van der Waals surface area contributed by atoms with Crippen LogP contribution in [0, 0.1) is 0 Å². The smallest absolute Gasteiger partial charge is 0.234 e. The molecule has 1 unspecified atom stereocenters. The highest BCUT2D eigenvalue weighted by Gasteiger charge is 2.36. The van der Waals surface area contributed by atoms with E-state index in [4.69, 9.17) is 0 Å². The highest BCUT2D eigenvalue weighted by molar-refractivity contribution is 5.91. The van der Waals surface area contributed by atoms with Crippen LogP contribution in [-0.2, 0) is 10.2 Å². The molecule has 2 aromatic carbocycles. The first kappa shape index (κ1) is 16.2. The highest BCUT2D eigenvalue weighted by atomic mass is 16.3. The summed E-state index contributed by atoms with van der Waals surface area (Å²) in [6.45, 7) is 4.13. The predicted molar refractivity (Wildman–Crippen MR) is 88.6 cm³/mol. The molecule has 0 bridgehead atoms. The number of carbonyl (C=O) groups is 1. The molecule has 0 aromatic heterocycles. The molecule has 0 spiro atoms. The lowest BCUT2D eigenvalue weighted by Crippen LogP contribution is -2.43. The zero-order chi connectivity index (χ0) is 16.0. The number of hydrogen-bond donors (Lipinski definition) is 2. The first-order chi connectivity index (χ1) is 10.5. The molecule has 0 aliphatic carbocycles. The molecule has 0 saturated carbocycles. The average molecular weight is 297 g/mol. The quantitative estimate of drug-likeness (QED) is 0.861. The molecule has 0 saturated heterocycles. The fraction of sp³-hybridized carbons (Fsp3) is 0.316. The Kier molecular flexibility index (Phi) is 5.34. The second-order valence-corrected chi connectivity index (χ2v) is 5.75. The molecule has 22 heavy (non-hydrogen) atoms. The molecular weight excluding hydrogens is 274 g/mol. The second kappa shape index (κ2) is 7.23. The van der Waals surface area contributed by atoms with E-state index in [2.05, 4.69) is 5.32 Å². The van der Waals surface area contributed by atoms with Crippen molar-refractivity contribution < 1.29 is 9.90 Å². The zero-order valence-corrected chi connectivity index (χ0v) is 13.1. The van der Waals surface area contributed by atoms with E-state index in [9.17, 15) is 9.90 Å². The lowest BCUT2D eigenvalue weighted by molar-refractivity contribution is -0.124. The van der Waals surface area contributed by atoms with Crippen LogP contribution in [0.5, 0.6) is 0 Å². The summed E-state index contributed by atoms with van der Waals surface area (Å²) in [5.74, 6) is -0.0504. The molecule has 2 N–H and O–H groups in total. The maximum Gasteiger partial charge on any atom is 0.234 e. The normalized spacial score (nSPS) is 12.7. The summed E-state index contributed by atoms with van der Waals surface area (Å²) in [5, 5.41) is 12.3. The molecule has 1 amide bonds. The van der Waals surface area contributed by atoms with Gasteiger partial charge in [-0.3, -0.25) is 4.79 Å². The molecule has 0 aliphatic heterocycles. The number of nitrogens with one attached hydrogen (secondary N) is 1. The molecule has 0 radical (unpaired) electrons. The van der Waals surface area contributed by atoms with Crippen LogP contribution in [0.3, 0.4) is 0 Å². The fourth-order valence-corrected chi connectivity index (χ4v) is 2.54. The Morgan fingerprint density at radius 3 is 1.91 bits per heavy atom. The van der Waals surface area contributed by atoms with E-state index in [1.54, 1.807) is 6.92 Å². The van der Waals surface area contributed by atoms with Gasteiger partial charge in [-0.1, -0.05) is 60.7 Å². The van der Waals surface area contributed by atoms with Crippen molar-refractivity contribution in [1.29, 1.82) is 0 Å². The van der Waals surface area contributed by atoms with Gasteiger partial charge in [0.2, 0.25) is 5.91 Å². The van der Waals surface area contributed by atoms with Crippen LogP contribution < -0.4 is 5.32 Å². The van der Waals surface area contributed by atoms with Crippen LogP contribution in [0.1, 0.15) is 31.4 Å². The minimum absolute atomic E-state index is 0.0504. The lowest BCUT2D eigenvalue weighted by atomic mass is 9.75. The maximum absolute atomic E-state index is 12.9. The van der Waals surface area contributed by atoms with Gasteiger partial charge >= 0.3 is 0 Å². The number of rotatable bonds is 6. The summed E-state index contributed by atoms with van der Waals surface area (Å²) in [5.41, 5.74) is 1.16. The molecule has 0 aliphatic rings. The first-order valence-corrected chi connectivity index (χ1v) is 7.62. The van der Waals surface area contributed by atoms with Gasteiger partial charge in [0.1, 0.15) is 0 Å². The number of benzene rings is 2. The fourth-order valence-electron chi connectivity index (χ4n) is 2.54. The van der Waals surface area contributed by atoms with Crippen molar-refractivity contribution in [3.63, 3.8) is 0 Å². The van der Waals surface area contributed by atoms with E-state index in [0.717, 1.165) is 11.1 Å². The largest absolute Gasteiger partial charge is 0.393 e. The predicted octanol–water partition coefficient (Wildman–Crippen LogP) is 2.88. The van der Waals surface area contributed by atoms with Gasteiger partial charge in [-0.25, -0.2) is 0 Å². The molecule has 2 rings (SSSR count). The summed E-state index contributed by atoms with van der Waals surface area (Å²) < 4.78 is 0. The molecule has 2 aromatic rings. The third-order valence-electron chi connectivity index (χ3n) is 4.00. The summed E-state index contributed by atoms with van der Waals surface area (Å²) in [6.07, 6.45) is 0.130. The van der Waals surface area contributed by atoms with Gasteiger partial charge in [0.05, 0.1) is 11.5 Å². The van der Waals surface area contributed by atoms with Gasteiger partial charge in [-0.05, 0) is 31.4 Å². The Morgan fingerprint density at radius 2 is 1.50 bits per heavy atom. The highest BCUT2D eigenvalue weighted by Crippen LogP contribution is 2.32. The van der Waals surface area contributed by atoms with Crippen molar-refractivity contribution in [3.05, 3.63) is 71.8 Å². The van der Waals surface area contributed by atoms with Crippen LogP contribution in [0.25, 0.3) is 0 Å². The third kappa shape index (κ3) is 3.55. The average Bonchev–Trinajstić information content (AvgIpc) is 2.55. The first-order valence-electron chi connectivity index (χ1n) is 7.62. The minimum Gasteiger partial charge on any atom is -0.393 e. The van der Waals surface area contributed by atoms with Crippen molar-refractivity contribution in [1.82, 2.24) is 5.32 Å². The SMILES string of the molecule is CC(O)CCNC(=O)C(C)(c1ccccc1)c1ccccc1. The van der Waals surface area contributed by atoms with Gasteiger partial charge in [-0.15, -0.1) is 0 Å². The molecule has 0 heterocycles. The van der Waals surface area contributed by atoms with Crippen LogP contribution in [0.15, 0.2) is 60.7 Å². The Bertz CT molecular complexity index is 554. The molecule has 3 heteroatoms. The number of carbonyl (C=O) groups excluding carboxylic acids is 1. The van der Waals surface area contributed by atoms with Crippen LogP contribution in [0.4, 0.5) is 0 Å². The van der Waals surface area contributed by atoms with Crippen LogP contribution >= 0.6 is 0 Å². The van der Waals surface area contributed by atoms with Gasteiger partial charge in [0.25, 0.3) is 0 Å². The summed E-state index contributed by atoms with van der Waals surface area (Å²) >= 11 is 0. The van der Waals surface area contributed by atoms with E-state index in [-0.39, 0.29) is 5.91 Å². The summed E-state index contributed by atoms with van der Waals surface area (Å²) in [7, 11) is 0. The number of aliphatic hydroxyl groups is 1. The van der Waals surface area contributed by atoms with Gasteiger partial charge in [0.15, 0.2) is 0 Å². The van der Waals surface area contributed by atoms with E-state index >= 15 is 0 Å². The van der Waals surface area contributed by atoms with Gasteiger partial charge < -0.3 is 10.4 Å². The van der Waals surface area contributed by atoms with Crippen LogP contribution in [-0.4, -0.2) is 23.7 Å². The maximum atomic E-state index is 12.9. The molecule has 0 fully saturated rings. The standard InChI is InChI=1S/C19H23NO2/c1-15(21)13-14-20-18(22)19(2,16-9-5-3-6-10-16)17-11-7-4-8-12-17/h3-12,15,21H,13-14H2,1-2H3,(H,20,22).